The summed E-state index contributed by atoms with van der Waals surface area (Å²) in [5.41, 5.74) is -0.630. The molecule has 114 valence electrons. The average Bonchev–Trinajstić information content (AvgIpc) is 2.43. The molecule has 1 saturated carbocycles. The van der Waals surface area contributed by atoms with Crippen molar-refractivity contribution in [1.82, 2.24) is 10.2 Å². The summed E-state index contributed by atoms with van der Waals surface area (Å²) in [7, 11) is 1.66. The first-order chi connectivity index (χ1) is 9.50. The molecule has 5 nitrogen and oxygen atoms in total. The fourth-order valence-electron chi connectivity index (χ4n) is 3.39. The summed E-state index contributed by atoms with van der Waals surface area (Å²) in [6.07, 6.45) is 4.74. The van der Waals surface area contributed by atoms with Gasteiger partial charge in [0.05, 0.1) is 6.61 Å². The van der Waals surface area contributed by atoms with E-state index in [4.69, 9.17) is 4.74 Å². The number of ether oxygens (including phenoxy) is 1. The van der Waals surface area contributed by atoms with Crippen molar-refractivity contribution < 1.29 is 14.3 Å². The number of hydrogen-bond donors (Lipinski definition) is 1. The number of nitrogens with zero attached hydrogens (tertiary/aromatic N) is 1. The van der Waals surface area contributed by atoms with Crippen LogP contribution in [0.3, 0.4) is 0 Å². The van der Waals surface area contributed by atoms with Gasteiger partial charge >= 0.3 is 0 Å². The highest BCUT2D eigenvalue weighted by molar-refractivity contribution is 5.99. The first kappa shape index (κ1) is 15.3. The molecule has 5 heteroatoms. The lowest BCUT2D eigenvalue weighted by molar-refractivity contribution is -0.156. The molecule has 2 amide bonds. The van der Waals surface area contributed by atoms with Crippen molar-refractivity contribution in [3.8, 4) is 0 Å². The van der Waals surface area contributed by atoms with Crippen LogP contribution in [0.15, 0.2) is 0 Å². The highest BCUT2D eigenvalue weighted by Crippen LogP contribution is 2.33. The van der Waals surface area contributed by atoms with E-state index in [1.165, 1.54) is 0 Å². The van der Waals surface area contributed by atoms with Gasteiger partial charge in [-0.1, -0.05) is 26.2 Å². The number of hydrogen-bond acceptors (Lipinski definition) is 3. The van der Waals surface area contributed by atoms with Crippen molar-refractivity contribution in [1.29, 1.82) is 0 Å². The lowest BCUT2D eigenvalue weighted by Gasteiger charge is -2.47. The molecule has 2 atom stereocenters. The fourth-order valence-corrected chi connectivity index (χ4v) is 3.39. The Morgan fingerprint density at radius 3 is 2.60 bits per heavy atom. The van der Waals surface area contributed by atoms with Crippen LogP contribution in [0.2, 0.25) is 0 Å². The number of methoxy groups -OCH3 is 1. The molecule has 2 aliphatic rings. The Balaban J connectivity index is 2.15. The first-order valence-corrected chi connectivity index (χ1v) is 7.62. The summed E-state index contributed by atoms with van der Waals surface area (Å²) in [4.78, 5) is 26.9. The molecule has 2 rings (SSSR count). The van der Waals surface area contributed by atoms with Gasteiger partial charge in [-0.05, 0) is 25.7 Å². The molecule has 2 unspecified atom stereocenters. The number of carbonyl (C=O) groups is 2. The van der Waals surface area contributed by atoms with E-state index in [2.05, 4.69) is 5.32 Å². The van der Waals surface area contributed by atoms with Gasteiger partial charge in [0.25, 0.3) is 0 Å². The number of piperazine rings is 1. The fraction of sp³-hybridized carbons (Fsp3) is 0.867. The van der Waals surface area contributed by atoms with Crippen molar-refractivity contribution in [2.24, 2.45) is 5.92 Å². The van der Waals surface area contributed by atoms with E-state index in [0.29, 0.717) is 13.2 Å². The van der Waals surface area contributed by atoms with Crippen LogP contribution in [0.1, 0.15) is 46.0 Å². The molecule has 2 fully saturated rings. The molecule has 1 N–H and O–H groups in total. The Hall–Kier alpha value is -1.10. The quantitative estimate of drug-likeness (QED) is 0.846. The number of nitrogens with one attached hydrogen (secondary N) is 1. The SMILES string of the molecule is COCC(C)CN1C(=O)C2(CCCCC2)NC(=O)C1C. The minimum Gasteiger partial charge on any atom is -0.384 e. The van der Waals surface area contributed by atoms with Gasteiger partial charge in [-0.3, -0.25) is 9.59 Å². The van der Waals surface area contributed by atoms with E-state index in [1.807, 2.05) is 13.8 Å². The summed E-state index contributed by atoms with van der Waals surface area (Å²) in [5, 5.41) is 3.01. The Labute approximate surface area is 121 Å². The van der Waals surface area contributed by atoms with Crippen LogP contribution in [0.4, 0.5) is 0 Å². The van der Waals surface area contributed by atoms with Gasteiger partial charge in [0.2, 0.25) is 11.8 Å². The van der Waals surface area contributed by atoms with E-state index >= 15 is 0 Å². The van der Waals surface area contributed by atoms with E-state index in [1.54, 1.807) is 12.0 Å². The average molecular weight is 282 g/mol. The third-order valence-electron chi connectivity index (χ3n) is 4.55. The Kier molecular flexibility index (Phi) is 4.68. The minimum atomic E-state index is -0.630. The topological polar surface area (TPSA) is 58.6 Å². The molecule has 0 aromatic heterocycles. The first-order valence-electron chi connectivity index (χ1n) is 7.62. The largest absolute Gasteiger partial charge is 0.384 e. The number of rotatable bonds is 4. The summed E-state index contributed by atoms with van der Waals surface area (Å²) >= 11 is 0. The van der Waals surface area contributed by atoms with E-state index < -0.39 is 5.54 Å². The zero-order valence-corrected chi connectivity index (χ0v) is 12.8. The molecular weight excluding hydrogens is 256 g/mol. The zero-order valence-electron chi connectivity index (χ0n) is 12.8. The normalized spacial score (nSPS) is 27.6. The third kappa shape index (κ3) is 2.82. The smallest absolute Gasteiger partial charge is 0.249 e. The Morgan fingerprint density at radius 1 is 1.35 bits per heavy atom. The van der Waals surface area contributed by atoms with Gasteiger partial charge in [-0.25, -0.2) is 0 Å². The predicted molar refractivity (Wildman–Crippen MR) is 76.2 cm³/mol. The highest BCUT2D eigenvalue weighted by Gasteiger charge is 2.49. The molecule has 1 heterocycles. The standard InChI is InChI=1S/C15H26N2O3/c1-11(10-20-3)9-17-12(2)13(18)16-15(14(17)19)7-5-4-6-8-15/h11-12H,4-10H2,1-3H3,(H,16,18). The molecule has 1 saturated heterocycles. The second-order valence-electron chi connectivity index (χ2n) is 6.33. The maximum atomic E-state index is 12.9. The van der Waals surface area contributed by atoms with Gasteiger partial charge < -0.3 is 15.0 Å². The second-order valence-corrected chi connectivity index (χ2v) is 6.33. The molecule has 0 bridgehead atoms. The summed E-state index contributed by atoms with van der Waals surface area (Å²) in [5.74, 6) is 0.321. The van der Waals surface area contributed by atoms with E-state index in [0.717, 1.165) is 32.1 Å². The second kappa shape index (κ2) is 6.12. The maximum absolute atomic E-state index is 12.9. The molecular formula is C15H26N2O3. The van der Waals surface area contributed by atoms with Crippen LogP contribution in [0.25, 0.3) is 0 Å². The van der Waals surface area contributed by atoms with Gasteiger partial charge in [0.1, 0.15) is 11.6 Å². The van der Waals surface area contributed by atoms with Crippen molar-refractivity contribution in [3.63, 3.8) is 0 Å². The molecule has 1 aliphatic carbocycles. The molecule has 1 aliphatic heterocycles. The van der Waals surface area contributed by atoms with Gasteiger partial charge in [0, 0.05) is 13.7 Å². The molecule has 0 radical (unpaired) electrons. The van der Waals surface area contributed by atoms with Crippen LogP contribution >= 0.6 is 0 Å². The van der Waals surface area contributed by atoms with Crippen LogP contribution in [-0.2, 0) is 14.3 Å². The van der Waals surface area contributed by atoms with Gasteiger partial charge in [-0.2, -0.15) is 0 Å². The van der Waals surface area contributed by atoms with Crippen LogP contribution in [0, 0.1) is 5.92 Å². The summed E-state index contributed by atoms with van der Waals surface area (Å²) in [6, 6.07) is -0.380. The van der Waals surface area contributed by atoms with E-state index in [-0.39, 0.29) is 23.8 Å². The van der Waals surface area contributed by atoms with Crippen molar-refractivity contribution >= 4 is 11.8 Å². The predicted octanol–water partition coefficient (Wildman–Crippen LogP) is 1.32. The van der Waals surface area contributed by atoms with Crippen molar-refractivity contribution in [2.45, 2.75) is 57.5 Å². The highest BCUT2D eigenvalue weighted by atomic mass is 16.5. The number of carbonyl (C=O) groups excluding carboxylic acids is 2. The Morgan fingerprint density at radius 2 is 2.00 bits per heavy atom. The molecule has 0 aromatic carbocycles. The van der Waals surface area contributed by atoms with Crippen LogP contribution < -0.4 is 5.32 Å². The lowest BCUT2D eigenvalue weighted by atomic mass is 9.78. The van der Waals surface area contributed by atoms with Crippen LogP contribution in [-0.4, -0.2) is 48.6 Å². The van der Waals surface area contributed by atoms with Crippen molar-refractivity contribution in [2.75, 3.05) is 20.3 Å². The molecule has 0 aromatic rings. The lowest BCUT2D eigenvalue weighted by Crippen LogP contribution is -2.70. The van der Waals surface area contributed by atoms with Crippen LogP contribution in [0.5, 0.6) is 0 Å². The maximum Gasteiger partial charge on any atom is 0.249 e. The Bertz CT molecular complexity index is 377. The third-order valence-corrected chi connectivity index (χ3v) is 4.55. The van der Waals surface area contributed by atoms with Crippen molar-refractivity contribution in [3.05, 3.63) is 0 Å². The summed E-state index contributed by atoms with van der Waals surface area (Å²) < 4.78 is 5.14. The zero-order chi connectivity index (χ0) is 14.8. The van der Waals surface area contributed by atoms with E-state index in [9.17, 15) is 9.59 Å². The molecule has 1 spiro atoms. The van der Waals surface area contributed by atoms with Gasteiger partial charge in [0.15, 0.2) is 0 Å². The van der Waals surface area contributed by atoms with Gasteiger partial charge in [-0.15, -0.1) is 0 Å². The monoisotopic (exact) mass is 282 g/mol. The molecule has 20 heavy (non-hydrogen) atoms. The number of amides is 2. The minimum absolute atomic E-state index is 0.0175. The summed E-state index contributed by atoms with van der Waals surface area (Å²) in [6.45, 7) is 5.04.